The molecule has 2 atom stereocenters. The molecule has 0 radical (unpaired) electrons. The number of ketones is 1. The summed E-state index contributed by atoms with van der Waals surface area (Å²) in [6, 6.07) is 7.31. The van der Waals surface area contributed by atoms with Gasteiger partial charge in [-0.05, 0) is 43.9 Å². The van der Waals surface area contributed by atoms with Gasteiger partial charge in [0.25, 0.3) is 0 Å². The molecule has 6 heteroatoms. The highest BCUT2D eigenvalue weighted by atomic mass is 19.4. The van der Waals surface area contributed by atoms with E-state index in [0.717, 1.165) is 17.8 Å². The van der Waals surface area contributed by atoms with Crippen LogP contribution in [-0.4, -0.2) is 15.6 Å². The Hall–Kier alpha value is -2.11. The first-order valence-electron chi connectivity index (χ1n) is 8.54. The lowest BCUT2D eigenvalue weighted by atomic mass is 10.0. The van der Waals surface area contributed by atoms with Crippen molar-refractivity contribution in [1.29, 1.82) is 0 Å². The minimum atomic E-state index is -4.37. The Labute approximate surface area is 143 Å². The molecule has 0 saturated heterocycles. The van der Waals surface area contributed by atoms with Crippen molar-refractivity contribution in [3.63, 3.8) is 0 Å². The molecule has 25 heavy (non-hydrogen) atoms. The third-order valence-electron chi connectivity index (χ3n) is 5.34. The van der Waals surface area contributed by atoms with Crippen LogP contribution < -0.4 is 0 Å². The Balaban J connectivity index is 1.70. The standard InChI is InChI=1S/C19H19F3N2O/c1-10(2)24-17(18-14-7-13(25)8-15(14)18)9-16(23-24)11-4-3-5-12(6-11)19(20,21)22/h3-6,9-10,14-15,18H,7-8H2,1-2H3. The molecule has 1 aromatic carbocycles. The summed E-state index contributed by atoms with van der Waals surface area (Å²) in [5.74, 6) is 1.40. The van der Waals surface area contributed by atoms with Gasteiger partial charge in [0, 0.05) is 36.1 Å². The van der Waals surface area contributed by atoms with E-state index in [9.17, 15) is 18.0 Å². The van der Waals surface area contributed by atoms with E-state index in [1.165, 1.54) is 6.07 Å². The molecule has 1 aromatic heterocycles. The van der Waals surface area contributed by atoms with E-state index in [0.29, 0.717) is 47.6 Å². The van der Waals surface area contributed by atoms with Gasteiger partial charge in [0.15, 0.2) is 0 Å². The molecule has 0 aliphatic heterocycles. The van der Waals surface area contributed by atoms with Gasteiger partial charge in [-0.2, -0.15) is 18.3 Å². The molecule has 2 saturated carbocycles. The summed E-state index contributed by atoms with van der Waals surface area (Å²) in [4.78, 5) is 11.5. The van der Waals surface area contributed by atoms with Gasteiger partial charge >= 0.3 is 6.18 Å². The van der Waals surface area contributed by atoms with Gasteiger partial charge in [-0.3, -0.25) is 9.48 Å². The van der Waals surface area contributed by atoms with Gasteiger partial charge < -0.3 is 0 Å². The number of benzene rings is 1. The molecule has 3 nitrogen and oxygen atoms in total. The smallest absolute Gasteiger partial charge is 0.300 e. The van der Waals surface area contributed by atoms with E-state index < -0.39 is 11.7 Å². The molecule has 0 amide bonds. The lowest BCUT2D eigenvalue weighted by Gasteiger charge is -2.11. The Morgan fingerprint density at radius 1 is 1.16 bits per heavy atom. The summed E-state index contributed by atoms with van der Waals surface area (Å²) in [5, 5.41) is 4.58. The number of carbonyl (C=O) groups is 1. The number of carbonyl (C=O) groups excluding carboxylic acids is 1. The van der Waals surface area contributed by atoms with Crippen molar-refractivity contribution in [2.24, 2.45) is 11.8 Å². The molecular formula is C19H19F3N2O. The second-order valence-electron chi connectivity index (χ2n) is 7.37. The Kier molecular flexibility index (Phi) is 3.56. The number of Topliss-reactive ketones (excluding diaryl/α,β-unsaturated/α-hetero) is 1. The number of aromatic nitrogens is 2. The van der Waals surface area contributed by atoms with Crippen LogP contribution in [0, 0.1) is 11.8 Å². The van der Waals surface area contributed by atoms with Crippen LogP contribution in [0.4, 0.5) is 13.2 Å². The number of halogens is 3. The molecule has 132 valence electrons. The van der Waals surface area contributed by atoms with Gasteiger partial charge in [0.05, 0.1) is 11.3 Å². The largest absolute Gasteiger partial charge is 0.416 e. The highest BCUT2D eigenvalue weighted by Gasteiger charge is 2.57. The second kappa shape index (κ2) is 5.44. The zero-order valence-electron chi connectivity index (χ0n) is 14.0. The fourth-order valence-corrected chi connectivity index (χ4v) is 4.12. The third kappa shape index (κ3) is 2.77. The Bertz CT molecular complexity index is 823. The van der Waals surface area contributed by atoms with Gasteiger partial charge in [0.2, 0.25) is 0 Å². The molecule has 1 heterocycles. The maximum absolute atomic E-state index is 13.0. The van der Waals surface area contributed by atoms with Gasteiger partial charge in [-0.1, -0.05) is 12.1 Å². The highest BCUT2D eigenvalue weighted by Crippen LogP contribution is 2.62. The van der Waals surface area contributed by atoms with E-state index in [2.05, 4.69) is 5.10 Å². The number of nitrogens with zero attached hydrogens (tertiary/aromatic N) is 2. The van der Waals surface area contributed by atoms with E-state index in [1.54, 1.807) is 6.07 Å². The summed E-state index contributed by atoms with van der Waals surface area (Å²) < 4.78 is 40.8. The summed E-state index contributed by atoms with van der Waals surface area (Å²) in [7, 11) is 0. The zero-order chi connectivity index (χ0) is 17.9. The summed E-state index contributed by atoms with van der Waals surface area (Å²) in [5.41, 5.74) is 1.41. The fraction of sp³-hybridized carbons (Fsp3) is 0.474. The predicted octanol–water partition coefficient (Wildman–Crippen LogP) is 4.84. The summed E-state index contributed by atoms with van der Waals surface area (Å²) in [6.45, 7) is 4.02. The molecule has 2 aliphatic rings. The third-order valence-corrected chi connectivity index (χ3v) is 5.34. The molecular weight excluding hydrogens is 329 g/mol. The van der Waals surface area contributed by atoms with Crippen molar-refractivity contribution in [3.05, 3.63) is 41.6 Å². The molecule has 0 spiro atoms. The van der Waals surface area contributed by atoms with Crippen LogP contribution in [0.2, 0.25) is 0 Å². The maximum Gasteiger partial charge on any atom is 0.416 e. The molecule has 2 aliphatic carbocycles. The predicted molar refractivity (Wildman–Crippen MR) is 87.0 cm³/mol. The topological polar surface area (TPSA) is 34.9 Å². The average Bonchev–Trinajstić information content (AvgIpc) is 2.90. The Morgan fingerprint density at radius 2 is 1.84 bits per heavy atom. The molecule has 4 rings (SSSR count). The van der Waals surface area contributed by atoms with Crippen LogP contribution in [0.25, 0.3) is 11.3 Å². The molecule has 2 unspecified atom stereocenters. The van der Waals surface area contributed by atoms with E-state index in [1.807, 2.05) is 24.6 Å². The number of alkyl halides is 3. The quantitative estimate of drug-likeness (QED) is 0.795. The number of fused-ring (bicyclic) bond motifs is 1. The van der Waals surface area contributed by atoms with Crippen molar-refractivity contribution in [2.75, 3.05) is 0 Å². The minimum Gasteiger partial charge on any atom is -0.300 e. The lowest BCUT2D eigenvalue weighted by molar-refractivity contribution is -0.137. The van der Waals surface area contributed by atoms with Crippen molar-refractivity contribution in [1.82, 2.24) is 9.78 Å². The molecule has 2 fully saturated rings. The monoisotopic (exact) mass is 348 g/mol. The van der Waals surface area contributed by atoms with Gasteiger partial charge in [-0.25, -0.2) is 0 Å². The first kappa shape index (κ1) is 16.4. The van der Waals surface area contributed by atoms with E-state index >= 15 is 0 Å². The number of rotatable bonds is 3. The SMILES string of the molecule is CC(C)n1nc(-c2cccc(C(F)(F)F)c2)cc1C1C2CC(=O)CC21. The number of hydrogen-bond donors (Lipinski definition) is 0. The summed E-state index contributed by atoms with van der Waals surface area (Å²) in [6.07, 6.45) is -3.12. The average molecular weight is 348 g/mol. The van der Waals surface area contributed by atoms with E-state index in [-0.39, 0.29) is 6.04 Å². The maximum atomic E-state index is 13.0. The molecule has 0 bridgehead atoms. The van der Waals surface area contributed by atoms with Crippen molar-refractivity contribution in [2.45, 2.75) is 44.8 Å². The van der Waals surface area contributed by atoms with Crippen LogP contribution in [-0.2, 0) is 11.0 Å². The van der Waals surface area contributed by atoms with Crippen molar-refractivity contribution >= 4 is 5.78 Å². The van der Waals surface area contributed by atoms with Gasteiger partial charge in [-0.15, -0.1) is 0 Å². The highest BCUT2D eigenvalue weighted by molar-refractivity contribution is 5.83. The van der Waals surface area contributed by atoms with Crippen LogP contribution in [0.15, 0.2) is 30.3 Å². The van der Waals surface area contributed by atoms with Crippen LogP contribution in [0.5, 0.6) is 0 Å². The number of hydrogen-bond acceptors (Lipinski definition) is 2. The van der Waals surface area contributed by atoms with Crippen LogP contribution >= 0.6 is 0 Å². The first-order chi connectivity index (χ1) is 11.8. The van der Waals surface area contributed by atoms with Crippen LogP contribution in [0.3, 0.4) is 0 Å². The molecule has 2 aromatic rings. The lowest BCUT2D eigenvalue weighted by Crippen LogP contribution is -2.09. The normalized spacial score (nSPS) is 25.5. The summed E-state index contributed by atoms with van der Waals surface area (Å²) >= 11 is 0. The van der Waals surface area contributed by atoms with Crippen molar-refractivity contribution < 1.29 is 18.0 Å². The van der Waals surface area contributed by atoms with Crippen LogP contribution in [0.1, 0.15) is 49.9 Å². The Morgan fingerprint density at radius 3 is 2.44 bits per heavy atom. The second-order valence-corrected chi connectivity index (χ2v) is 7.37. The van der Waals surface area contributed by atoms with E-state index in [4.69, 9.17) is 0 Å². The fourth-order valence-electron chi connectivity index (χ4n) is 4.12. The zero-order valence-corrected chi connectivity index (χ0v) is 14.0. The van der Waals surface area contributed by atoms with Gasteiger partial charge in [0.1, 0.15) is 5.78 Å². The molecule has 0 N–H and O–H groups in total. The van der Waals surface area contributed by atoms with Crippen molar-refractivity contribution in [3.8, 4) is 11.3 Å². The first-order valence-corrected chi connectivity index (χ1v) is 8.54. The minimum absolute atomic E-state index is 0.117.